The molecule has 3 rings (SSSR count). The first-order valence-electron chi connectivity index (χ1n) is 10.3. The largest absolute Gasteiger partial charge is 0.361 e. The van der Waals surface area contributed by atoms with Crippen LogP contribution < -0.4 is 5.32 Å². The van der Waals surface area contributed by atoms with Crippen molar-refractivity contribution < 1.29 is 14.3 Å². The van der Waals surface area contributed by atoms with E-state index in [1.165, 1.54) is 11.1 Å². The minimum Gasteiger partial charge on any atom is -0.361 e. The molecule has 5 heteroatoms. The summed E-state index contributed by atoms with van der Waals surface area (Å²) in [4.78, 5) is 27.0. The molecule has 29 heavy (non-hydrogen) atoms. The summed E-state index contributed by atoms with van der Waals surface area (Å²) >= 11 is 0. The predicted octanol–water partition coefficient (Wildman–Crippen LogP) is 3.35. The standard InChI is InChI=1S/C24H30N2O3/c1-4-6-22(27)26-13-14-29-24(17-26,23(28)25-3)16-19-9-11-20(12-10-19)21-8-5-7-18(2)15-21/h5,7-12,15H,4,6,13-14,16-17H2,1-3H3,(H,25,28). The Hall–Kier alpha value is -2.66. The highest BCUT2D eigenvalue weighted by molar-refractivity contribution is 5.87. The van der Waals surface area contributed by atoms with E-state index in [1.807, 2.05) is 19.1 Å². The van der Waals surface area contributed by atoms with Crippen LogP contribution in [0.2, 0.25) is 0 Å². The normalized spacial score (nSPS) is 19.1. The van der Waals surface area contributed by atoms with E-state index in [0.29, 0.717) is 26.0 Å². The molecule has 1 N–H and O–H groups in total. The lowest BCUT2D eigenvalue weighted by atomic mass is 9.90. The van der Waals surface area contributed by atoms with E-state index in [9.17, 15) is 9.59 Å². The monoisotopic (exact) mass is 394 g/mol. The third kappa shape index (κ3) is 4.85. The number of nitrogens with one attached hydrogen (secondary N) is 1. The van der Waals surface area contributed by atoms with Crippen molar-refractivity contribution in [2.75, 3.05) is 26.7 Å². The fourth-order valence-corrected chi connectivity index (χ4v) is 3.89. The summed E-state index contributed by atoms with van der Waals surface area (Å²) in [5.74, 6) is -0.104. The number of hydrogen-bond donors (Lipinski definition) is 1. The van der Waals surface area contributed by atoms with Gasteiger partial charge in [-0.2, -0.15) is 0 Å². The third-order valence-corrected chi connectivity index (χ3v) is 5.44. The molecule has 154 valence electrons. The first kappa shape index (κ1) is 21.1. The van der Waals surface area contributed by atoms with E-state index in [0.717, 1.165) is 17.5 Å². The van der Waals surface area contributed by atoms with E-state index in [2.05, 4.69) is 48.6 Å². The highest BCUT2D eigenvalue weighted by atomic mass is 16.5. The summed E-state index contributed by atoms with van der Waals surface area (Å²) in [7, 11) is 1.61. The molecular formula is C24H30N2O3. The van der Waals surface area contributed by atoms with Crippen LogP contribution in [0.4, 0.5) is 0 Å². The zero-order valence-electron chi connectivity index (χ0n) is 17.5. The number of hydrogen-bond acceptors (Lipinski definition) is 3. The smallest absolute Gasteiger partial charge is 0.254 e. The molecule has 1 unspecified atom stereocenters. The zero-order valence-corrected chi connectivity index (χ0v) is 17.5. The molecule has 2 aromatic rings. The van der Waals surface area contributed by atoms with Gasteiger partial charge in [-0.3, -0.25) is 9.59 Å². The zero-order chi connectivity index (χ0) is 20.9. The number of nitrogens with zero attached hydrogens (tertiary/aromatic N) is 1. The number of morpholine rings is 1. The van der Waals surface area contributed by atoms with Crippen molar-refractivity contribution in [1.29, 1.82) is 0 Å². The maximum Gasteiger partial charge on any atom is 0.254 e. The van der Waals surface area contributed by atoms with Gasteiger partial charge in [0.05, 0.1) is 13.2 Å². The van der Waals surface area contributed by atoms with Crippen molar-refractivity contribution >= 4 is 11.8 Å². The molecule has 5 nitrogen and oxygen atoms in total. The van der Waals surface area contributed by atoms with Crippen LogP contribution in [0.15, 0.2) is 48.5 Å². The molecule has 0 spiro atoms. The first-order valence-corrected chi connectivity index (χ1v) is 10.3. The van der Waals surface area contributed by atoms with Crippen LogP contribution in [-0.2, 0) is 20.7 Å². The average Bonchev–Trinajstić information content (AvgIpc) is 2.74. The van der Waals surface area contributed by atoms with Crippen LogP contribution in [0.25, 0.3) is 11.1 Å². The van der Waals surface area contributed by atoms with Gasteiger partial charge in [-0.15, -0.1) is 0 Å². The van der Waals surface area contributed by atoms with Gasteiger partial charge in [0.15, 0.2) is 5.60 Å². The van der Waals surface area contributed by atoms with E-state index in [4.69, 9.17) is 4.74 Å². The number of rotatable bonds is 6. The molecule has 2 amide bonds. The molecule has 0 aromatic heterocycles. The van der Waals surface area contributed by atoms with Crippen LogP contribution in [0.5, 0.6) is 0 Å². The Morgan fingerprint density at radius 1 is 1.14 bits per heavy atom. The van der Waals surface area contributed by atoms with Crippen molar-refractivity contribution in [2.45, 2.75) is 38.7 Å². The lowest BCUT2D eigenvalue weighted by Crippen LogP contribution is -2.61. The molecule has 1 aliphatic rings. The van der Waals surface area contributed by atoms with Gasteiger partial charge in [0.2, 0.25) is 5.91 Å². The molecule has 1 heterocycles. The molecule has 1 atom stereocenters. The minimum atomic E-state index is -1.05. The Morgan fingerprint density at radius 2 is 1.90 bits per heavy atom. The van der Waals surface area contributed by atoms with Gasteiger partial charge >= 0.3 is 0 Å². The van der Waals surface area contributed by atoms with Crippen LogP contribution in [0, 0.1) is 6.92 Å². The fraction of sp³-hybridized carbons (Fsp3) is 0.417. The number of benzene rings is 2. The van der Waals surface area contributed by atoms with E-state index < -0.39 is 5.60 Å². The van der Waals surface area contributed by atoms with Gasteiger partial charge in [0.1, 0.15) is 0 Å². The number of carbonyl (C=O) groups is 2. The van der Waals surface area contributed by atoms with Crippen molar-refractivity contribution in [2.24, 2.45) is 0 Å². The first-order chi connectivity index (χ1) is 14.0. The average molecular weight is 395 g/mol. The Kier molecular flexibility index (Phi) is 6.70. The molecule has 0 radical (unpaired) electrons. The molecule has 1 aliphatic heterocycles. The molecule has 1 fully saturated rings. The molecule has 0 aliphatic carbocycles. The third-order valence-electron chi connectivity index (χ3n) is 5.44. The van der Waals surface area contributed by atoms with Gasteiger partial charge in [0, 0.05) is 26.4 Å². The van der Waals surface area contributed by atoms with Crippen LogP contribution >= 0.6 is 0 Å². The molecule has 1 saturated heterocycles. The van der Waals surface area contributed by atoms with Crippen molar-refractivity contribution in [3.8, 4) is 11.1 Å². The number of carbonyl (C=O) groups excluding carboxylic acids is 2. The molecule has 2 aromatic carbocycles. The number of likely N-dealkylation sites (N-methyl/N-ethyl adjacent to an activating group) is 1. The van der Waals surface area contributed by atoms with Crippen molar-refractivity contribution in [3.05, 3.63) is 59.7 Å². The summed E-state index contributed by atoms with van der Waals surface area (Å²) in [5.41, 5.74) is 3.48. The SMILES string of the molecule is CCCC(=O)N1CCOC(Cc2ccc(-c3cccc(C)c3)cc2)(C(=O)NC)C1. The number of aryl methyl sites for hydroxylation is 1. The quantitative estimate of drug-likeness (QED) is 0.817. The lowest BCUT2D eigenvalue weighted by molar-refractivity contribution is -0.165. The highest BCUT2D eigenvalue weighted by Crippen LogP contribution is 2.27. The van der Waals surface area contributed by atoms with Gasteiger partial charge in [-0.1, -0.05) is 61.0 Å². The van der Waals surface area contributed by atoms with Gasteiger partial charge in [0.25, 0.3) is 5.91 Å². The van der Waals surface area contributed by atoms with E-state index >= 15 is 0 Å². The Balaban J connectivity index is 1.81. The number of ether oxygens (including phenoxy) is 1. The fourth-order valence-electron chi connectivity index (χ4n) is 3.89. The predicted molar refractivity (Wildman–Crippen MR) is 115 cm³/mol. The van der Waals surface area contributed by atoms with Crippen molar-refractivity contribution in [3.63, 3.8) is 0 Å². The molecule has 0 bridgehead atoms. The maximum absolute atomic E-state index is 12.8. The maximum atomic E-state index is 12.8. The topological polar surface area (TPSA) is 58.6 Å². The molecular weight excluding hydrogens is 364 g/mol. The van der Waals surface area contributed by atoms with Gasteiger partial charge in [-0.25, -0.2) is 0 Å². The van der Waals surface area contributed by atoms with E-state index in [-0.39, 0.29) is 18.4 Å². The highest BCUT2D eigenvalue weighted by Gasteiger charge is 2.44. The van der Waals surface area contributed by atoms with Crippen LogP contribution in [-0.4, -0.2) is 49.1 Å². The second-order valence-electron chi connectivity index (χ2n) is 7.73. The lowest BCUT2D eigenvalue weighted by Gasteiger charge is -2.41. The van der Waals surface area contributed by atoms with Crippen molar-refractivity contribution in [1.82, 2.24) is 10.2 Å². The second kappa shape index (κ2) is 9.23. The number of amides is 2. The van der Waals surface area contributed by atoms with E-state index in [1.54, 1.807) is 11.9 Å². The Bertz CT molecular complexity index is 863. The Labute approximate surface area is 173 Å². The summed E-state index contributed by atoms with van der Waals surface area (Å²) in [5, 5.41) is 2.73. The second-order valence-corrected chi connectivity index (χ2v) is 7.73. The summed E-state index contributed by atoms with van der Waals surface area (Å²) in [6.45, 7) is 5.25. The summed E-state index contributed by atoms with van der Waals surface area (Å²) in [6, 6.07) is 16.6. The van der Waals surface area contributed by atoms with Gasteiger partial charge < -0.3 is 15.0 Å². The Morgan fingerprint density at radius 3 is 2.55 bits per heavy atom. The minimum absolute atomic E-state index is 0.0823. The van der Waals surface area contributed by atoms with Gasteiger partial charge in [-0.05, 0) is 30.0 Å². The summed E-state index contributed by atoms with van der Waals surface area (Å²) in [6.07, 6.45) is 1.72. The molecule has 0 saturated carbocycles. The van der Waals surface area contributed by atoms with Crippen LogP contribution in [0.3, 0.4) is 0 Å². The van der Waals surface area contributed by atoms with Crippen LogP contribution in [0.1, 0.15) is 30.9 Å². The summed E-state index contributed by atoms with van der Waals surface area (Å²) < 4.78 is 6.01.